The van der Waals surface area contributed by atoms with Gasteiger partial charge >= 0.3 is 18.0 Å². The van der Waals surface area contributed by atoms with E-state index in [4.69, 9.17) is 14.2 Å². The molecule has 0 saturated carbocycles. The van der Waals surface area contributed by atoms with Crippen LogP contribution in [0.1, 0.15) is 104 Å². The largest absolute Gasteiger partial charge is 0.467 e. The van der Waals surface area contributed by atoms with Gasteiger partial charge in [-0.25, -0.2) is 14.4 Å². The monoisotopic (exact) mass is 866 g/mol. The number of carbonyl (C=O) groups is 8. The van der Waals surface area contributed by atoms with E-state index in [0.717, 1.165) is 5.56 Å². The lowest BCUT2D eigenvalue weighted by Gasteiger charge is -2.36. The second kappa shape index (κ2) is 24.4. The van der Waals surface area contributed by atoms with Gasteiger partial charge in [0.05, 0.1) is 13.7 Å². The smallest absolute Gasteiger partial charge is 0.408 e. The molecule has 0 aliphatic heterocycles. The first kappa shape index (κ1) is 52.1. The Balaban J connectivity index is 2.62. The van der Waals surface area contributed by atoms with Crippen LogP contribution < -0.4 is 31.9 Å². The van der Waals surface area contributed by atoms with E-state index < -0.39 is 95.3 Å². The second-order valence-electron chi connectivity index (χ2n) is 16.9. The quantitative estimate of drug-likeness (QED) is 0.0567. The molecule has 0 spiro atoms. The van der Waals surface area contributed by atoms with Crippen molar-refractivity contribution in [2.75, 3.05) is 13.7 Å². The van der Waals surface area contributed by atoms with Crippen molar-refractivity contribution >= 4 is 47.6 Å². The van der Waals surface area contributed by atoms with E-state index in [-0.39, 0.29) is 36.8 Å². The van der Waals surface area contributed by atoms with Crippen molar-refractivity contribution in [3.63, 3.8) is 0 Å². The first-order valence-electron chi connectivity index (χ1n) is 20.9. The predicted molar refractivity (Wildman–Crippen MR) is 231 cm³/mol. The van der Waals surface area contributed by atoms with E-state index in [1.165, 1.54) is 40.0 Å². The van der Waals surface area contributed by atoms with E-state index in [2.05, 4.69) is 31.9 Å². The average molecular weight is 867 g/mol. The van der Waals surface area contributed by atoms with Crippen LogP contribution in [0.2, 0.25) is 0 Å². The minimum atomic E-state index is -2.75. The van der Waals surface area contributed by atoms with Crippen LogP contribution in [0, 0.1) is 17.8 Å². The molecule has 17 heteroatoms. The number of carbonyl (C=O) groups excluding carboxylic acids is 8. The Morgan fingerprint density at radius 3 is 1.79 bits per heavy atom. The maximum atomic E-state index is 14.8. The van der Waals surface area contributed by atoms with Gasteiger partial charge < -0.3 is 46.1 Å². The van der Waals surface area contributed by atoms with E-state index in [1.807, 2.05) is 13.0 Å². The van der Waals surface area contributed by atoms with Crippen LogP contribution >= 0.6 is 0 Å². The molecule has 0 saturated heterocycles. The molecule has 0 aromatic heterocycles. The van der Waals surface area contributed by atoms with Gasteiger partial charge in [0.25, 0.3) is 11.8 Å². The lowest BCUT2D eigenvalue weighted by atomic mass is 9.93. The van der Waals surface area contributed by atoms with Crippen LogP contribution in [0.5, 0.6) is 0 Å². The van der Waals surface area contributed by atoms with Gasteiger partial charge in [-0.2, -0.15) is 0 Å². The summed E-state index contributed by atoms with van der Waals surface area (Å²) in [6, 6.07) is 11.8. The van der Waals surface area contributed by atoms with Gasteiger partial charge in [0.1, 0.15) is 36.4 Å². The molecule has 62 heavy (non-hydrogen) atoms. The molecule has 342 valence electrons. The Labute approximate surface area is 364 Å². The van der Waals surface area contributed by atoms with Crippen molar-refractivity contribution < 1.29 is 52.6 Å². The van der Waals surface area contributed by atoms with Crippen LogP contribution in [-0.4, -0.2) is 96.5 Å². The highest BCUT2D eigenvalue weighted by atomic mass is 16.6. The fourth-order valence-electron chi connectivity index (χ4n) is 6.04. The standard InChI is InChI=1S/C45H66N6O11/c1-12-29(7)35(40(56)60-11)49-37(53)32(13-2)48-41(57)45(42(58)62-44(8,9)10,26-46-36(52)31-22-18-15-19-23-31)51-38(54)33(24-27(3)4)47-39(55)34(28(5)6)50-43(59)61-25-30-20-16-14-17-21-30/h14-23,27-29,32-35H,12-13,24-26H2,1-11H3,(H,46,52)(H,47,55)(H,48,57)(H,49,53)(H,50,59)(H,51,54)/t29-,32-,33-,34-,35-,45?/m0/s1. The third-order valence-electron chi connectivity index (χ3n) is 9.79. The number of alkyl carbamates (subject to hydrolysis) is 1. The van der Waals surface area contributed by atoms with Gasteiger partial charge in [0, 0.05) is 5.56 Å². The number of methoxy groups -OCH3 is 1. The molecule has 0 radical (unpaired) electrons. The highest BCUT2D eigenvalue weighted by Gasteiger charge is 2.52. The molecule has 0 heterocycles. The van der Waals surface area contributed by atoms with E-state index >= 15 is 0 Å². The molecule has 0 bridgehead atoms. The maximum absolute atomic E-state index is 14.8. The number of benzene rings is 2. The molecular formula is C45H66N6O11. The Hall–Kier alpha value is -6.00. The number of hydrogen-bond acceptors (Lipinski definition) is 11. The third-order valence-corrected chi connectivity index (χ3v) is 9.79. The summed E-state index contributed by atoms with van der Waals surface area (Å²) in [6.07, 6.45) is -0.421. The molecule has 6 atom stereocenters. The van der Waals surface area contributed by atoms with Crippen molar-refractivity contribution in [2.24, 2.45) is 17.8 Å². The lowest BCUT2D eigenvalue weighted by molar-refractivity contribution is -0.168. The van der Waals surface area contributed by atoms with Crippen molar-refractivity contribution in [1.29, 1.82) is 0 Å². The fraction of sp³-hybridized carbons (Fsp3) is 0.556. The van der Waals surface area contributed by atoms with Gasteiger partial charge in [0.2, 0.25) is 23.3 Å². The van der Waals surface area contributed by atoms with Gasteiger partial charge in [-0.3, -0.25) is 24.0 Å². The van der Waals surface area contributed by atoms with Crippen molar-refractivity contribution in [1.82, 2.24) is 31.9 Å². The molecule has 0 aliphatic rings. The molecule has 6 N–H and O–H groups in total. The predicted octanol–water partition coefficient (Wildman–Crippen LogP) is 3.69. The zero-order valence-corrected chi connectivity index (χ0v) is 37.8. The fourth-order valence-corrected chi connectivity index (χ4v) is 6.04. The van der Waals surface area contributed by atoms with E-state index in [1.54, 1.807) is 84.0 Å². The number of ether oxygens (including phenoxy) is 3. The van der Waals surface area contributed by atoms with Crippen LogP contribution in [0.4, 0.5) is 4.79 Å². The third kappa shape index (κ3) is 16.1. The Kier molecular flexibility index (Phi) is 20.6. The topological polar surface area (TPSA) is 236 Å². The zero-order valence-electron chi connectivity index (χ0n) is 37.8. The molecule has 2 aromatic rings. The minimum Gasteiger partial charge on any atom is -0.467 e. The second-order valence-corrected chi connectivity index (χ2v) is 16.9. The van der Waals surface area contributed by atoms with E-state index in [9.17, 15) is 38.4 Å². The average Bonchev–Trinajstić information content (AvgIpc) is 3.22. The Morgan fingerprint density at radius 1 is 0.677 bits per heavy atom. The van der Waals surface area contributed by atoms with Crippen LogP contribution in [0.3, 0.4) is 0 Å². The molecule has 2 aromatic carbocycles. The zero-order chi connectivity index (χ0) is 46.8. The maximum Gasteiger partial charge on any atom is 0.408 e. The number of rotatable bonds is 22. The van der Waals surface area contributed by atoms with E-state index in [0.29, 0.717) is 6.42 Å². The SMILES string of the molecule is CC[C@H](NC(=O)C(CNC(=O)c1ccccc1)(NC(=O)[C@H](CC(C)C)NC(=O)[C@@H](NC(=O)OCc1ccccc1)C(C)C)C(=O)OC(C)(C)C)C(=O)N[C@H](C(=O)OC)[C@@H](C)CC. The molecule has 2 rings (SSSR count). The first-order chi connectivity index (χ1) is 29.1. The van der Waals surface area contributed by atoms with Crippen LogP contribution in [-0.2, 0) is 49.6 Å². The minimum absolute atomic E-state index is 0.00620. The normalized spacial score (nSPS) is 14.7. The summed E-state index contributed by atoms with van der Waals surface area (Å²) < 4.78 is 16.0. The summed E-state index contributed by atoms with van der Waals surface area (Å²) in [5.74, 6) is -7.57. The number of nitrogens with one attached hydrogen (secondary N) is 6. The number of esters is 2. The van der Waals surface area contributed by atoms with Crippen molar-refractivity contribution in [3.05, 3.63) is 71.8 Å². The summed E-state index contributed by atoms with van der Waals surface area (Å²) >= 11 is 0. The molecule has 0 aliphatic carbocycles. The molecule has 6 amide bonds. The van der Waals surface area contributed by atoms with Gasteiger partial charge in [-0.15, -0.1) is 0 Å². The summed E-state index contributed by atoms with van der Waals surface area (Å²) in [6.45, 7) is 15.8. The van der Waals surface area contributed by atoms with Gasteiger partial charge in [0.15, 0.2) is 0 Å². The Bertz CT molecular complexity index is 1830. The summed E-state index contributed by atoms with van der Waals surface area (Å²) in [4.78, 5) is 110. The number of amides is 6. The highest BCUT2D eigenvalue weighted by molar-refractivity contribution is 6.12. The molecule has 17 nitrogen and oxygen atoms in total. The summed E-state index contributed by atoms with van der Waals surface area (Å²) in [5.41, 5.74) is -3.10. The van der Waals surface area contributed by atoms with Gasteiger partial charge in [-0.1, -0.05) is 103 Å². The van der Waals surface area contributed by atoms with Crippen LogP contribution in [0.25, 0.3) is 0 Å². The van der Waals surface area contributed by atoms with Crippen molar-refractivity contribution in [2.45, 2.75) is 130 Å². The highest BCUT2D eigenvalue weighted by Crippen LogP contribution is 2.19. The molecule has 1 unspecified atom stereocenters. The van der Waals surface area contributed by atoms with Gasteiger partial charge in [-0.05, 0) is 69.1 Å². The Morgan fingerprint density at radius 2 is 1.27 bits per heavy atom. The lowest BCUT2D eigenvalue weighted by Crippen LogP contribution is -2.72. The number of hydrogen-bond donors (Lipinski definition) is 6. The molecule has 0 fully saturated rings. The van der Waals surface area contributed by atoms with Crippen molar-refractivity contribution in [3.8, 4) is 0 Å². The summed E-state index contributed by atoms with van der Waals surface area (Å²) in [5, 5.41) is 15.5. The molecular weight excluding hydrogens is 801 g/mol. The first-order valence-corrected chi connectivity index (χ1v) is 20.9. The summed E-state index contributed by atoms with van der Waals surface area (Å²) in [7, 11) is 1.18. The van der Waals surface area contributed by atoms with Crippen LogP contribution in [0.15, 0.2) is 60.7 Å².